The average molecular weight is 434 g/mol. The third-order valence-electron chi connectivity index (χ3n) is 2.80. The van der Waals surface area contributed by atoms with Gasteiger partial charge in [0.05, 0.1) is 6.54 Å². The van der Waals surface area contributed by atoms with E-state index in [2.05, 4.69) is 39.6 Å². The molecule has 0 radical (unpaired) electrons. The minimum atomic E-state index is 0. The lowest BCUT2D eigenvalue weighted by atomic mass is 10.4. The van der Waals surface area contributed by atoms with Crippen molar-refractivity contribution in [1.82, 2.24) is 25.4 Å². The lowest BCUT2D eigenvalue weighted by Crippen LogP contribution is -2.38. The minimum Gasteiger partial charge on any atom is -0.357 e. The summed E-state index contributed by atoms with van der Waals surface area (Å²) in [6.45, 7) is 7.36. The highest BCUT2D eigenvalue weighted by Crippen LogP contribution is 2.11. The van der Waals surface area contributed by atoms with Crippen molar-refractivity contribution in [2.24, 2.45) is 4.99 Å². The molecule has 0 fully saturated rings. The topological polar surface area (TPSA) is 67.1 Å². The van der Waals surface area contributed by atoms with E-state index in [9.17, 15) is 0 Å². The van der Waals surface area contributed by atoms with Crippen molar-refractivity contribution < 1.29 is 0 Å². The highest BCUT2D eigenvalue weighted by molar-refractivity contribution is 14.0. The number of aromatic nitrogens is 3. The quantitative estimate of drug-likeness (QED) is 0.304. The predicted molar refractivity (Wildman–Crippen MR) is 102 cm³/mol. The second-order valence-electron chi connectivity index (χ2n) is 4.61. The first-order valence-electron chi connectivity index (χ1n) is 7.19. The molecule has 0 saturated heterocycles. The van der Waals surface area contributed by atoms with Crippen LogP contribution >= 0.6 is 35.3 Å². The zero-order valence-electron chi connectivity index (χ0n) is 13.0. The molecule has 0 aliphatic rings. The number of nitrogens with zero attached hydrogens (tertiary/aromatic N) is 4. The van der Waals surface area contributed by atoms with Gasteiger partial charge >= 0.3 is 0 Å². The predicted octanol–water partition coefficient (Wildman–Crippen LogP) is 2.41. The van der Waals surface area contributed by atoms with Crippen LogP contribution in [0.3, 0.4) is 0 Å². The maximum Gasteiger partial charge on any atom is 0.191 e. The van der Waals surface area contributed by atoms with Gasteiger partial charge in [0, 0.05) is 43.1 Å². The van der Waals surface area contributed by atoms with Gasteiger partial charge in [-0.05, 0) is 26.3 Å². The van der Waals surface area contributed by atoms with Gasteiger partial charge in [-0.15, -0.1) is 35.3 Å². The SMILES string of the molecule is CCNC(=NCc1ncc(C)s1)NCCCn1cccn1.I. The maximum absolute atomic E-state index is 4.55. The number of halogens is 1. The molecule has 0 aromatic carbocycles. The number of nitrogens with one attached hydrogen (secondary N) is 2. The van der Waals surface area contributed by atoms with Crippen LogP contribution in [0.5, 0.6) is 0 Å². The highest BCUT2D eigenvalue weighted by Gasteiger charge is 2.00. The third-order valence-corrected chi connectivity index (χ3v) is 3.70. The third kappa shape index (κ3) is 6.73. The summed E-state index contributed by atoms with van der Waals surface area (Å²) in [6, 6.07) is 1.94. The molecule has 122 valence electrons. The monoisotopic (exact) mass is 434 g/mol. The van der Waals surface area contributed by atoms with Crippen molar-refractivity contribution in [3.05, 3.63) is 34.5 Å². The Balaban J connectivity index is 0.00000242. The van der Waals surface area contributed by atoms with Crippen LogP contribution in [0.4, 0.5) is 0 Å². The number of hydrogen-bond acceptors (Lipinski definition) is 4. The standard InChI is InChI=1S/C14H22N6S.HI/c1-3-15-14(18-11-13-17-10-12(2)21-13)16-6-4-8-20-9-5-7-19-20;/h5,7,9-10H,3-4,6,8,11H2,1-2H3,(H2,15,16,18);1H. The van der Waals surface area contributed by atoms with Crippen molar-refractivity contribution in [2.75, 3.05) is 13.1 Å². The van der Waals surface area contributed by atoms with Gasteiger partial charge < -0.3 is 10.6 Å². The van der Waals surface area contributed by atoms with Gasteiger partial charge in [0.2, 0.25) is 0 Å². The summed E-state index contributed by atoms with van der Waals surface area (Å²) >= 11 is 1.69. The van der Waals surface area contributed by atoms with Gasteiger partial charge in [-0.3, -0.25) is 4.68 Å². The van der Waals surface area contributed by atoms with E-state index in [4.69, 9.17) is 0 Å². The van der Waals surface area contributed by atoms with E-state index in [1.165, 1.54) is 4.88 Å². The molecule has 0 aliphatic heterocycles. The summed E-state index contributed by atoms with van der Waals surface area (Å²) < 4.78 is 1.93. The van der Waals surface area contributed by atoms with Crippen molar-refractivity contribution in [3.63, 3.8) is 0 Å². The Kier molecular flexibility index (Phi) is 9.05. The lowest BCUT2D eigenvalue weighted by Gasteiger charge is -2.10. The number of aryl methyl sites for hydroxylation is 2. The van der Waals surface area contributed by atoms with Crippen LogP contribution in [0.1, 0.15) is 23.2 Å². The van der Waals surface area contributed by atoms with E-state index in [1.54, 1.807) is 17.5 Å². The zero-order valence-corrected chi connectivity index (χ0v) is 16.1. The molecule has 0 spiro atoms. The maximum atomic E-state index is 4.55. The van der Waals surface area contributed by atoms with Crippen LogP contribution in [0.15, 0.2) is 29.6 Å². The second-order valence-corrected chi connectivity index (χ2v) is 5.93. The van der Waals surface area contributed by atoms with E-state index >= 15 is 0 Å². The van der Waals surface area contributed by atoms with Gasteiger partial charge in [0.1, 0.15) is 5.01 Å². The summed E-state index contributed by atoms with van der Waals surface area (Å²) in [5, 5.41) is 11.8. The summed E-state index contributed by atoms with van der Waals surface area (Å²) in [6.07, 6.45) is 6.67. The van der Waals surface area contributed by atoms with Gasteiger partial charge in [-0.25, -0.2) is 9.98 Å². The summed E-state index contributed by atoms with van der Waals surface area (Å²) in [4.78, 5) is 10.1. The number of aliphatic imine (C=N–C) groups is 1. The highest BCUT2D eigenvalue weighted by atomic mass is 127. The Morgan fingerprint density at radius 1 is 1.41 bits per heavy atom. The molecule has 22 heavy (non-hydrogen) atoms. The first-order valence-corrected chi connectivity index (χ1v) is 8.00. The Morgan fingerprint density at radius 3 is 2.91 bits per heavy atom. The van der Waals surface area contributed by atoms with Crippen molar-refractivity contribution in [1.29, 1.82) is 0 Å². The lowest BCUT2D eigenvalue weighted by molar-refractivity contribution is 0.570. The van der Waals surface area contributed by atoms with E-state index in [1.807, 2.05) is 23.1 Å². The van der Waals surface area contributed by atoms with Crippen molar-refractivity contribution in [3.8, 4) is 0 Å². The summed E-state index contributed by atoms with van der Waals surface area (Å²) in [7, 11) is 0. The van der Waals surface area contributed by atoms with E-state index < -0.39 is 0 Å². The molecular weight excluding hydrogens is 411 g/mol. The van der Waals surface area contributed by atoms with Gasteiger partial charge in [-0.2, -0.15) is 5.10 Å². The molecule has 2 N–H and O–H groups in total. The first kappa shape index (κ1) is 18.9. The van der Waals surface area contributed by atoms with Crippen LogP contribution in [0.25, 0.3) is 0 Å². The molecule has 0 aliphatic carbocycles. The summed E-state index contributed by atoms with van der Waals surface area (Å²) in [5.74, 6) is 0.839. The van der Waals surface area contributed by atoms with E-state index in [-0.39, 0.29) is 24.0 Å². The fourth-order valence-corrected chi connectivity index (χ4v) is 2.56. The Hall–Kier alpha value is -1.16. The number of hydrogen-bond donors (Lipinski definition) is 2. The average Bonchev–Trinajstić information content (AvgIpc) is 3.12. The normalized spacial score (nSPS) is 11.1. The number of guanidine groups is 1. The molecule has 0 atom stereocenters. The molecular formula is C14H23IN6S. The molecule has 0 unspecified atom stereocenters. The Labute approximate surface area is 152 Å². The van der Waals surface area contributed by atoms with Crippen LogP contribution < -0.4 is 10.6 Å². The van der Waals surface area contributed by atoms with Gasteiger partial charge in [0.15, 0.2) is 5.96 Å². The molecule has 2 aromatic rings. The van der Waals surface area contributed by atoms with Crippen molar-refractivity contribution in [2.45, 2.75) is 33.4 Å². The van der Waals surface area contributed by atoms with Gasteiger partial charge in [0.25, 0.3) is 0 Å². The second kappa shape index (κ2) is 10.5. The molecule has 2 aromatic heterocycles. The minimum absolute atomic E-state index is 0. The van der Waals surface area contributed by atoms with Crippen LogP contribution in [0, 0.1) is 6.92 Å². The fourth-order valence-electron chi connectivity index (χ4n) is 1.84. The van der Waals surface area contributed by atoms with Crippen LogP contribution in [0.2, 0.25) is 0 Å². The van der Waals surface area contributed by atoms with E-state index in [0.29, 0.717) is 6.54 Å². The largest absolute Gasteiger partial charge is 0.357 e. The smallest absolute Gasteiger partial charge is 0.191 e. The zero-order chi connectivity index (χ0) is 14.9. The molecule has 2 rings (SSSR count). The fraction of sp³-hybridized carbons (Fsp3) is 0.500. The molecule has 6 nitrogen and oxygen atoms in total. The molecule has 0 bridgehead atoms. The molecule has 8 heteroatoms. The van der Waals surface area contributed by atoms with Gasteiger partial charge in [-0.1, -0.05) is 0 Å². The van der Waals surface area contributed by atoms with Crippen LogP contribution in [-0.2, 0) is 13.1 Å². The molecule has 0 saturated carbocycles. The first-order chi connectivity index (χ1) is 10.3. The number of thiazole rings is 1. The van der Waals surface area contributed by atoms with Crippen molar-refractivity contribution >= 4 is 41.3 Å². The molecule has 2 heterocycles. The number of rotatable bonds is 7. The van der Waals surface area contributed by atoms with Crippen LogP contribution in [-0.4, -0.2) is 33.8 Å². The van der Waals surface area contributed by atoms with E-state index in [0.717, 1.165) is 37.0 Å². The Morgan fingerprint density at radius 2 is 2.27 bits per heavy atom. The summed E-state index contributed by atoms with van der Waals surface area (Å²) in [5.41, 5.74) is 0. The molecule has 0 amide bonds. The Bertz CT molecular complexity index is 551.